The molecule has 0 bridgehead atoms. The normalized spacial score (nSPS) is 17.6. The molecule has 3 aromatic rings. The van der Waals surface area contributed by atoms with Crippen LogP contribution in [0.15, 0.2) is 61.2 Å². The number of hydrogen-bond acceptors (Lipinski definition) is 6. The van der Waals surface area contributed by atoms with E-state index >= 15 is 0 Å². The quantitative estimate of drug-likeness (QED) is 0.695. The van der Waals surface area contributed by atoms with Gasteiger partial charge in [-0.15, -0.1) is 0 Å². The molecule has 0 spiro atoms. The van der Waals surface area contributed by atoms with Crippen molar-refractivity contribution in [1.29, 1.82) is 0 Å². The lowest BCUT2D eigenvalue weighted by atomic mass is 10.1. The van der Waals surface area contributed by atoms with Crippen molar-refractivity contribution in [2.45, 2.75) is 12.6 Å². The van der Waals surface area contributed by atoms with Gasteiger partial charge in [-0.05, 0) is 30.3 Å². The summed E-state index contributed by atoms with van der Waals surface area (Å²) in [7, 11) is 1.66. The van der Waals surface area contributed by atoms with Gasteiger partial charge in [-0.2, -0.15) is 0 Å². The van der Waals surface area contributed by atoms with Crippen LogP contribution in [0.25, 0.3) is 11.4 Å². The summed E-state index contributed by atoms with van der Waals surface area (Å²) in [5.74, 6) is 1.54. The Balaban J connectivity index is 1.40. The van der Waals surface area contributed by atoms with Gasteiger partial charge in [0, 0.05) is 61.1 Å². The van der Waals surface area contributed by atoms with E-state index in [0.29, 0.717) is 6.61 Å². The first kappa shape index (κ1) is 17.6. The molecule has 27 heavy (non-hydrogen) atoms. The number of nitrogens with zero attached hydrogens (tertiary/aromatic N) is 4. The van der Waals surface area contributed by atoms with E-state index in [4.69, 9.17) is 9.47 Å². The second kappa shape index (κ2) is 8.24. The number of aromatic nitrogens is 3. The molecule has 0 N–H and O–H groups in total. The fourth-order valence-corrected chi connectivity index (χ4v) is 3.20. The maximum Gasteiger partial charge on any atom is 0.159 e. The van der Waals surface area contributed by atoms with Gasteiger partial charge in [-0.1, -0.05) is 6.07 Å². The number of methoxy groups -OCH3 is 1. The molecule has 4 rings (SSSR count). The molecule has 138 valence electrons. The van der Waals surface area contributed by atoms with Crippen LogP contribution in [0.3, 0.4) is 0 Å². The molecule has 0 saturated carbocycles. The maximum atomic E-state index is 5.90. The summed E-state index contributed by atoms with van der Waals surface area (Å²) >= 11 is 0. The lowest BCUT2D eigenvalue weighted by molar-refractivity contribution is -0.0331. The molecule has 6 nitrogen and oxygen atoms in total. The zero-order valence-electron chi connectivity index (χ0n) is 15.3. The smallest absolute Gasteiger partial charge is 0.159 e. The molecule has 0 unspecified atom stereocenters. The van der Waals surface area contributed by atoms with E-state index in [9.17, 15) is 0 Å². The minimum atomic E-state index is 0.0620. The van der Waals surface area contributed by atoms with Gasteiger partial charge in [-0.25, -0.2) is 9.97 Å². The Morgan fingerprint density at radius 3 is 2.63 bits per heavy atom. The molecule has 6 heteroatoms. The fourth-order valence-electron chi connectivity index (χ4n) is 3.20. The molecule has 1 aromatic carbocycles. The third kappa shape index (κ3) is 4.30. The van der Waals surface area contributed by atoms with E-state index in [1.807, 2.05) is 48.9 Å². The summed E-state index contributed by atoms with van der Waals surface area (Å²) in [5.41, 5.74) is 3.19. The molecular formula is C21H22N4O2. The highest BCUT2D eigenvalue weighted by molar-refractivity contribution is 5.55. The summed E-state index contributed by atoms with van der Waals surface area (Å²) < 4.78 is 11.1. The van der Waals surface area contributed by atoms with E-state index < -0.39 is 0 Å². The maximum absolute atomic E-state index is 5.90. The van der Waals surface area contributed by atoms with Crippen LogP contribution in [-0.2, 0) is 11.3 Å². The van der Waals surface area contributed by atoms with Crippen molar-refractivity contribution in [3.8, 4) is 17.1 Å². The van der Waals surface area contributed by atoms with Crippen molar-refractivity contribution in [2.75, 3.05) is 26.8 Å². The van der Waals surface area contributed by atoms with Gasteiger partial charge < -0.3 is 9.47 Å². The molecule has 1 fully saturated rings. The Kier molecular flexibility index (Phi) is 5.37. The number of morpholine rings is 1. The van der Waals surface area contributed by atoms with Crippen molar-refractivity contribution < 1.29 is 9.47 Å². The SMILES string of the molecule is COc1ccc(-c2ncc(CN3CCO[C@@H](c4cccnc4)C3)cn2)cc1. The van der Waals surface area contributed by atoms with E-state index in [2.05, 4.69) is 25.9 Å². The number of ether oxygens (including phenoxy) is 2. The topological polar surface area (TPSA) is 60.4 Å². The van der Waals surface area contributed by atoms with Gasteiger partial charge in [-0.3, -0.25) is 9.88 Å². The average Bonchev–Trinajstić information content (AvgIpc) is 2.75. The molecular weight excluding hydrogens is 340 g/mol. The third-order valence-electron chi connectivity index (χ3n) is 4.67. The van der Waals surface area contributed by atoms with Crippen LogP contribution in [0.1, 0.15) is 17.2 Å². The largest absolute Gasteiger partial charge is 0.497 e. The zero-order valence-corrected chi connectivity index (χ0v) is 15.3. The highest BCUT2D eigenvalue weighted by Crippen LogP contribution is 2.23. The monoisotopic (exact) mass is 362 g/mol. The Bertz CT molecular complexity index is 854. The standard InChI is InChI=1S/C21H22N4O2/c1-26-19-6-4-17(5-7-19)21-23-11-16(12-24-21)14-25-9-10-27-20(15-25)18-3-2-8-22-13-18/h2-8,11-13,20H,9-10,14-15H2,1H3/t20-/m1/s1. The average molecular weight is 362 g/mol. The summed E-state index contributed by atoms with van der Waals surface area (Å²) in [5, 5.41) is 0. The Labute approximate surface area is 158 Å². The molecule has 2 aromatic heterocycles. The first-order chi connectivity index (χ1) is 13.3. The predicted octanol–water partition coefficient (Wildman–Crippen LogP) is 3.12. The van der Waals surface area contributed by atoms with Gasteiger partial charge in [0.1, 0.15) is 5.75 Å². The number of rotatable bonds is 5. The second-order valence-corrected chi connectivity index (χ2v) is 6.52. The van der Waals surface area contributed by atoms with Crippen LogP contribution in [0, 0.1) is 0 Å². The van der Waals surface area contributed by atoms with Crippen molar-refractivity contribution in [3.63, 3.8) is 0 Å². The van der Waals surface area contributed by atoms with Crippen LogP contribution < -0.4 is 4.74 Å². The highest BCUT2D eigenvalue weighted by Gasteiger charge is 2.22. The highest BCUT2D eigenvalue weighted by atomic mass is 16.5. The van der Waals surface area contributed by atoms with E-state index in [0.717, 1.165) is 47.9 Å². The molecule has 1 saturated heterocycles. The molecule has 0 radical (unpaired) electrons. The lowest BCUT2D eigenvalue weighted by Crippen LogP contribution is -2.37. The molecule has 1 aliphatic heterocycles. The van der Waals surface area contributed by atoms with Crippen molar-refractivity contribution in [1.82, 2.24) is 19.9 Å². The second-order valence-electron chi connectivity index (χ2n) is 6.52. The minimum Gasteiger partial charge on any atom is -0.497 e. The fraction of sp³-hybridized carbons (Fsp3) is 0.286. The first-order valence-corrected chi connectivity index (χ1v) is 9.01. The molecule has 0 aliphatic carbocycles. The van der Waals surface area contributed by atoms with Crippen molar-refractivity contribution in [3.05, 3.63) is 72.3 Å². The number of benzene rings is 1. The van der Waals surface area contributed by atoms with Crippen LogP contribution in [0.4, 0.5) is 0 Å². The Morgan fingerprint density at radius 1 is 1.11 bits per heavy atom. The van der Waals surface area contributed by atoms with Gasteiger partial charge in [0.15, 0.2) is 5.82 Å². The number of hydrogen-bond donors (Lipinski definition) is 0. The van der Waals surface area contributed by atoms with Crippen LogP contribution in [0.2, 0.25) is 0 Å². The van der Waals surface area contributed by atoms with Gasteiger partial charge in [0.25, 0.3) is 0 Å². The summed E-state index contributed by atoms with van der Waals surface area (Å²) in [6.45, 7) is 3.26. The van der Waals surface area contributed by atoms with E-state index in [1.165, 1.54) is 0 Å². The van der Waals surface area contributed by atoms with Gasteiger partial charge >= 0.3 is 0 Å². The van der Waals surface area contributed by atoms with Crippen LogP contribution in [-0.4, -0.2) is 46.7 Å². The van der Waals surface area contributed by atoms with Gasteiger partial charge in [0.2, 0.25) is 0 Å². The predicted molar refractivity (Wildman–Crippen MR) is 102 cm³/mol. The molecule has 0 amide bonds. The van der Waals surface area contributed by atoms with Crippen LogP contribution >= 0.6 is 0 Å². The first-order valence-electron chi connectivity index (χ1n) is 9.01. The van der Waals surface area contributed by atoms with E-state index in [1.54, 1.807) is 13.3 Å². The number of pyridine rings is 1. The van der Waals surface area contributed by atoms with Crippen molar-refractivity contribution >= 4 is 0 Å². The van der Waals surface area contributed by atoms with Crippen molar-refractivity contribution in [2.24, 2.45) is 0 Å². The Morgan fingerprint density at radius 2 is 1.93 bits per heavy atom. The van der Waals surface area contributed by atoms with Gasteiger partial charge in [0.05, 0.1) is 19.8 Å². The lowest BCUT2D eigenvalue weighted by Gasteiger charge is -2.32. The zero-order chi connectivity index (χ0) is 18.5. The third-order valence-corrected chi connectivity index (χ3v) is 4.67. The summed E-state index contributed by atoms with van der Waals surface area (Å²) in [4.78, 5) is 15.6. The molecule has 1 aliphatic rings. The minimum absolute atomic E-state index is 0.0620. The van der Waals surface area contributed by atoms with Crippen LogP contribution in [0.5, 0.6) is 5.75 Å². The Hall–Kier alpha value is -2.83. The summed E-state index contributed by atoms with van der Waals surface area (Å²) in [6.07, 6.45) is 7.53. The molecule has 1 atom stereocenters. The van der Waals surface area contributed by atoms with E-state index in [-0.39, 0.29) is 6.10 Å². The summed E-state index contributed by atoms with van der Waals surface area (Å²) in [6, 6.07) is 11.8. The molecule has 3 heterocycles.